The molecule has 0 aliphatic heterocycles. The summed E-state index contributed by atoms with van der Waals surface area (Å²) in [4.78, 5) is 13.1. The fraction of sp³-hybridized carbons (Fsp3) is 0.800. The number of nitrogens with zero attached hydrogens (tertiary/aromatic N) is 2. The molecule has 1 amide bonds. The Morgan fingerprint density at radius 2 is 2.29 bits per heavy atom. The summed E-state index contributed by atoms with van der Waals surface area (Å²) in [5.41, 5.74) is 0. The van der Waals surface area contributed by atoms with Crippen molar-refractivity contribution in [2.24, 2.45) is 0 Å². The van der Waals surface area contributed by atoms with Gasteiger partial charge in [-0.2, -0.15) is 5.26 Å². The molecule has 0 aliphatic rings. The van der Waals surface area contributed by atoms with E-state index in [0.29, 0.717) is 19.5 Å². The summed E-state index contributed by atoms with van der Waals surface area (Å²) in [6.45, 7) is 3.87. The Labute approximate surface area is 85.9 Å². The van der Waals surface area contributed by atoms with Crippen LogP contribution in [0.15, 0.2) is 0 Å². The maximum absolute atomic E-state index is 11.3. The van der Waals surface area contributed by atoms with E-state index in [0.717, 1.165) is 19.4 Å². The molecule has 14 heavy (non-hydrogen) atoms. The Morgan fingerprint density at radius 3 is 2.86 bits per heavy atom. The lowest BCUT2D eigenvalue weighted by atomic mass is 10.3. The standard InChI is InChI=1S/C10H19N3O/c1-3-4-7-12-10(14)9-13(2)8-5-6-11/h3-5,7-9H2,1-2H3,(H,12,14). The summed E-state index contributed by atoms with van der Waals surface area (Å²) >= 11 is 0. The van der Waals surface area contributed by atoms with E-state index >= 15 is 0 Å². The van der Waals surface area contributed by atoms with E-state index in [4.69, 9.17) is 5.26 Å². The van der Waals surface area contributed by atoms with Gasteiger partial charge in [0.05, 0.1) is 12.6 Å². The third-order valence-electron chi connectivity index (χ3n) is 1.87. The maximum Gasteiger partial charge on any atom is 0.234 e. The van der Waals surface area contributed by atoms with E-state index in [2.05, 4.69) is 18.3 Å². The number of nitriles is 1. The number of unbranched alkanes of at least 4 members (excludes halogenated alkanes) is 1. The first-order chi connectivity index (χ1) is 6.70. The van der Waals surface area contributed by atoms with Gasteiger partial charge >= 0.3 is 0 Å². The van der Waals surface area contributed by atoms with Crippen LogP contribution < -0.4 is 5.32 Å². The minimum atomic E-state index is 0.0406. The van der Waals surface area contributed by atoms with Gasteiger partial charge in [-0.1, -0.05) is 13.3 Å². The zero-order valence-electron chi connectivity index (χ0n) is 9.05. The highest BCUT2D eigenvalue weighted by atomic mass is 16.1. The minimum Gasteiger partial charge on any atom is -0.355 e. The number of nitrogens with one attached hydrogen (secondary N) is 1. The topological polar surface area (TPSA) is 56.1 Å². The average molecular weight is 197 g/mol. The summed E-state index contributed by atoms with van der Waals surface area (Å²) in [5.74, 6) is 0.0406. The van der Waals surface area contributed by atoms with Crippen LogP contribution in [0.1, 0.15) is 26.2 Å². The maximum atomic E-state index is 11.3. The Morgan fingerprint density at radius 1 is 1.57 bits per heavy atom. The van der Waals surface area contributed by atoms with Crippen molar-refractivity contribution in [2.75, 3.05) is 26.7 Å². The first kappa shape index (κ1) is 12.9. The fourth-order valence-electron chi connectivity index (χ4n) is 1.03. The summed E-state index contributed by atoms with van der Waals surface area (Å²) < 4.78 is 0. The molecule has 0 radical (unpaired) electrons. The van der Waals surface area contributed by atoms with Gasteiger partial charge in [-0.25, -0.2) is 0 Å². The van der Waals surface area contributed by atoms with Gasteiger partial charge in [0, 0.05) is 19.5 Å². The van der Waals surface area contributed by atoms with Gasteiger partial charge in [0.2, 0.25) is 5.91 Å². The van der Waals surface area contributed by atoms with Crippen LogP contribution in [0.2, 0.25) is 0 Å². The van der Waals surface area contributed by atoms with Gasteiger partial charge in [-0.15, -0.1) is 0 Å². The van der Waals surface area contributed by atoms with Crippen molar-refractivity contribution < 1.29 is 4.79 Å². The zero-order valence-corrected chi connectivity index (χ0v) is 9.05. The third-order valence-corrected chi connectivity index (χ3v) is 1.87. The molecule has 0 heterocycles. The summed E-state index contributed by atoms with van der Waals surface area (Å²) in [6.07, 6.45) is 2.58. The molecule has 1 N–H and O–H groups in total. The van der Waals surface area contributed by atoms with Crippen molar-refractivity contribution in [1.82, 2.24) is 10.2 Å². The highest BCUT2D eigenvalue weighted by molar-refractivity contribution is 5.77. The van der Waals surface area contributed by atoms with Crippen molar-refractivity contribution in [3.05, 3.63) is 0 Å². The van der Waals surface area contributed by atoms with Crippen LogP contribution in [-0.4, -0.2) is 37.5 Å². The van der Waals surface area contributed by atoms with Crippen molar-refractivity contribution in [3.63, 3.8) is 0 Å². The fourth-order valence-corrected chi connectivity index (χ4v) is 1.03. The van der Waals surface area contributed by atoms with Crippen LogP contribution >= 0.6 is 0 Å². The Hall–Kier alpha value is -1.08. The van der Waals surface area contributed by atoms with E-state index in [-0.39, 0.29) is 5.91 Å². The number of hydrogen-bond acceptors (Lipinski definition) is 3. The first-order valence-corrected chi connectivity index (χ1v) is 5.03. The van der Waals surface area contributed by atoms with E-state index < -0.39 is 0 Å². The molecular weight excluding hydrogens is 178 g/mol. The summed E-state index contributed by atoms with van der Waals surface area (Å²) in [6, 6.07) is 2.05. The van der Waals surface area contributed by atoms with Crippen molar-refractivity contribution in [1.29, 1.82) is 5.26 Å². The molecule has 0 aromatic rings. The van der Waals surface area contributed by atoms with E-state index in [9.17, 15) is 4.79 Å². The molecule has 4 nitrogen and oxygen atoms in total. The lowest BCUT2D eigenvalue weighted by Crippen LogP contribution is -2.35. The summed E-state index contributed by atoms with van der Waals surface area (Å²) in [5, 5.41) is 11.2. The third kappa shape index (κ3) is 7.56. The minimum absolute atomic E-state index is 0.0406. The van der Waals surface area contributed by atoms with Crippen molar-refractivity contribution >= 4 is 5.91 Å². The molecule has 4 heteroatoms. The highest BCUT2D eigenvalue weighted by Gasteiger charge is 2.04. The van der Waals surface area contributed by atoms with Gasteiger partial charge in [0.1, 0.15) is 0 Å². The van der Waals surface area contributed by atoms with Crippen molar-refractivity contribution in [2.45, 2.75) is 26.2 Å². The van der Waals surface area contributed by atoms with Gasteiger partial charge in [-0.3, -0.25) is 9.69 Å². The van der Waals surface area contributed by atoms with E-state index in [1.165, 1.54) is 0 Å². The lowest BCUT2D eigenvalue weighted by Gasteiger charge is -2.14. The molecule has 0 spiro atoms. The number of carbonyl (C=O) groups is 1. The monoisotopic (exact) mass is 197 g/mol. The Balaban J connectivity index is 3.46. The second kappa shape index (κ2) is 8.52. The Bertz CT molecular complexity index is 198. The van der Waals surface area contributed by atoms with Gasteiger partial charge in [0.25, 0.3) is 0 Å². The summed E-state index contributed by atoms with van der Waals surface area (Å²) in [7, 11) is 1.84. The SMILES string of the molecule is CCCCNC(=O)CN(C)CCC#N. The zero-order chi connectivity index (χ0) is 10.8. The first-order valence-electron chi connectivity index (χ1n) is 5.03. The van der Waals surface area contributed by atoms with Crippen LogP contribution in [0, 0.1) is 11.3 Å². The predicted molar refractivity (Wildman–Crippen MR) is 55.6 cm³/mol. The normalized spacial score (nSPS) is 9.86. The second-order valence-electron chi connectivity index (χ2n) is 3.35. The molecule has 0 atom stereocenters. The molecule has 0 bridgehead atoms. The number of amides is 1. The number of hydrogen-bond donors (Lipinski definition) is 1. The molecular formula is C10H19N3O. The van der Waals surface area contributed by atoms with Crippen LogP contribution in [0.3, 0.4) is 0 Å². The smallest absolute Gasteiger partial charge is 0.234 e. The molecule has 0 aromatic heterocycles. The average Bonchev–Trinajstić information content (AvgIpc) is 2.15. The molecule has 0 aromatic carbocycles. The molecule has 0 unspecified atom stereocenters. The quantitative estimate of drug-likeness (QED) is 0.613. The number of carbonyl (C=O) groups excluding carboxylic acids is 1. The van der Waals surface area contributed by atoms with Crippen LogP contribution in [0.25, 0.3) is 0 Å². The van der Waals surface area contributed by atoms with Crippen LogP contribution in [0.4, 0.5) is 0 Å². The lowest BCUT2D eigenvalue weighted by molar-refractivity contribution is -0.121. The van der Waals surface area contributed by atoms with Crippen LogP contribution in [-0.2, 0) is 4.79 Å². The molecule has 80 valence electrons. The van der Waals surface area contributed by atoms with E-state index in [1.807, 2.05) is 11.9 Å². The second-order valence-corrected chi connectivity index (χ2v) is 3.35. The van der Waals surface area contributed by atoms with E-state index in [1.54, 1.807) is 0 Å². The number of rotatable bonds is 7. The van der Waals surface area contributed by atoms with Gasteiger partial charge < -0.3 is 5.32 Å². The molecule has 0 fully saturated rings. The highest BCUT2D eigenvalue weighted by Crippen LogP contribution is 1.87. The predicted octanol–water partition coefficient (Wildman–Crippen LogP) is 0.748. The number of likely N-dealkylation sites (N-methyl/N-ethyl adjacent to an activating group) is 1. The largest absolute Gasteiger partial charge is 0.355 e. The molecule has 0 saturated heterocycles. The van der Waals surface area contributed by atoms with Gasteiger partial charge in [0.15, 0.2) is 0 Å². The molecule has 0 saturated carbocycles. The molecule has 0 aliphatic carbocycles. The van der Waals surface area contributed by atoms with Gasteiger partial charge in [-0.05, 0) is 13.5 Å². The Kier molecular flexibility index (Phi) is 7.86. The molecule has 0 rings (SSSR count). The van der Waals surface area contributed by atoms with Crippen molar-refractivity contribution in [3.8, 4) is 6.07 Å². The van der Waals surface area contributed by atoms with Crippen LogP contribution in [0.5, 0.6) is 0 Å².